The summed E-state index contributed by atoms with van der Waals surface area (Å²) in [5.41, 5.74) is 1.44. The SMILES string of the molecule is COc1cccc(OC)c1C(=O)/C1=C/CCCCCC1. The number of ether oxygens (including phenoxy) is 2. The standard InChI is InChI=1S/C17H22O3/c1-19-14-11-8-12-15(20-2)16(14)17(18)13-9-6-4-3-5-7-10-13/h8-9,11-12H,3-7,10H2,1-2H3/b13-9+. The fraction of sp³-hybridized carbons (Fsp3) is 0.471. The Morgan fingerprint density at radius 1 is 1.00 bits per heavy atom. The topological polar surface area (TPSA) is 35.5 Å². The third kappa shape index (κ3) is 3.21. The number of ketones is 1. The van der Waals surface area contributed by atoms with E-state index in [2.05, 4.69) is 6.08 Å². The molecule has 0 atom stereocenters. The first kappa shape index (κ1) is 14.6. The lowest BCUT2D eigenvalue weighted by atomic mass is 9.93. The van der Waals surface area contributed by atoms with E-state index in [9.17, 15) is 4.79 Å². The molecule has 0 unspecified atom stereocenters. The van der Waals surface area contributed by atoms with Crippen LogP contribution in [0.15, 0.2) is 29.8 Å². The van der Waals surface area contributed by atoms with Crippen molar-refractivity contribution in [2.24, 2.45) is 0 Å². The highest BCUT2D eigenvalue weighted by Gasteiger charge is 2.21. The Morgan fingerprint density at radius 3 is 2.30 bits per heavy atom. The molecule has 2 rings (SSSR count). The van der Waals surface area contributed by atoms with Crippen molar-refractivity contribution in [2.45, 2.75) is 38.5 Å². The summed E-state index contributed by atoms with van der Waals surface area (Å²) >= 11 is 0. The van der Waals surface area contributed by atoms with Crippen molar-refractivity contribution in [1.29, 1.82) is 0 Å². The quantitative estimate of drug-likeness (QED) is 0.773. The van der Waals surface area contributed by atoms with Crippen LogP contribution in [0.4, 0.5) is 0 Å². The van der Waals surface area contributed by atoms with E-state index in [0.717, 1.165) is 24.8 Å². The molecular formula is C17H22O3. The summed E-state index contributed by atoms with van der Waals surface area (Å²) < 4.78 is 10.7. The van der Waals surface area contributed by atoms with Gasteiger partial charge in [-0.25, -0.2) is 0 Å². The number of benzene rings is 1. The molecule has 20 heavy (non-hydrogen) atoms. The van der Waals surface area contributed by atoms with E-state index in [4.69, 9.17) is 9.47 Å². The Labute approximate surface area is 120 Å². The third-order valence-corrected chi connectivity index (χ3v) is 3.74. The van der Waals surface area contributed by atoms with E-state index in [0.29, 0.717) is 17.1 Å². The van der Waals surface area contributed by atoms with Crippen LogP contribution in [-0.2, 0) is 0 Å². The highest BCUT2D eigenvalue weighted by molar-refractivity contribution is 6.12. The number of rotatable bonds is 4. The maximum absolute atomic E-state index is 12.8. The minimum absolute atomic E-state index is 0.0428. The minimum atomic E-state index is 0.0428. The van der Waals surface area contributed by atoms with Gasteiger partial charge in [-0.2, -0.15) is 0 Å². The van der Waals surface area contributed by atoms with Crippen LogP contribution in [0.2, 0.25) is 0 Å². The molecular weight excluding hydrogens is 252 g/mol. The summed E-state index contributed by atoms with van der Waals surface area (Å²) in [6, 6.07) is 5.44. The van der Waals surface area contributed by atoms with Crippen LogP contribution >= 0.6 is 0 Å². The molecule has 3 heteroatoms. The van der Waals surface area contributed by atoms with Crippen LogP contribution < -0.4 is 9.47 Å². The maximum atomic E-state index is 12.8. The zero-order valence-electron chi connectivity index (χ0n) is 12.3. The zero-order chi connectivity index (χ0) is 14.4. The molecule has 0 amide bonds. The van der Waals surface area contributed by atoms with Gasteiger partial charge in [-0.15, -0.1) is 0 Å². The van der Waals surface area contributed by atoms with Gasteiger partial charge in [0.2, 0.25) is 0 Å². The van der Waals surface area contributed by atoms with E-state index >= 15 is 0 Å². The normalized spacial score (nSPS) is 18.4. The van der Waals surface area contributed by atoms with E-state index in [-0.39, 0.29) is 5.78 Å². The summed E-state index contributed by atoms with van der Waals surface area (Å²) in [6.07, 6.45) is 8.63. The minimum Gasteiger partial charge on any atom is -0.496 e. The summed E-state index contributed by atoms with van der Waals surface area (Å²) in [6.45, 7) is 0. The first-order valence-corrected chi connectivity index (χ1v) is 7.22. The fourth-order valence-electron chi connectivity index (χ4n) is 2.63. The zero-order valence-corrected chi connectivity index (χ0v) is 12.3. The van der Waals surface area contributed by atoms with Gasteiger partial charge in [-0.05, 0) is 43.4 Å². The molecule has 0 N–H and O–H groups in total. The van der Waals surface area contributed by atoms with E-state index in [1.54, 1.807) is 26.4 Å². The lowest BCUT2D eigenvalue weighted by molar-refractivity contribution is 0.102. The Kier molecular flexibility index (Phi) is 5.22. The molecule has 0 saturated carbocycles. The highest BCUT2D eigenvalue weighted by Crippen LogP contribution is 2.32. The van der Waals surface area contributed by atoms with Gasteiger partial charge in [0, 0.05) is 0 Å². The molecule has 0 fully saturated rings. The van der Waals surface area contributed by atoms with Gasteiger partial charge < -0.3 is 9.47 Å². The molecule has 0 aromatic heterocycles. The van der Waals surface area contributed by atoms with Crippen molar-refractivity contribution < 1.29 is 14.3 Å². The molecule has 0 radical (unpaired) electrons. The molecule has 1 aromatic carbocycles. The predicted molar refractivity (Wildman–Crippen MR) is 79.7 cm³/mol. The second kappa shape index (κ2) is 7.13. The highest BCUT2D eigenvalue weighted by atomic mass is 16.5. The van der Waals surface area contributed by atoms with Crippen molar-refractivity contribution in [1.82, 2.24) is 0 Å². The Hall–Kier alpha value is -1.77. The lowest BCUT2D eigenvalue weighted by Gasteiger charge is -2.15. The van der Waals surface area contributed by atoms with Crippen LogP contribution in [0.25, 0.3) is 0 Å². The van der Waals surface area contributed by atoms with Crippen LogP contribution in [0.5, 0.6) is 11.5 Å². The molecule has 3 nitrogen and oxygen atoms in total. The smallest absolute Gasteiger partial charge is 0.196 e. The summed E-state index contributed by atoms with van der Waals surface area (Å²) in [4.78, 5) is 12.8. The molecule has 0 aliphatic heterocycles. The molecule has 1 aliphatic carbocycles. The molecule has 1 aliphatic rings. The van der Waals surface area contributed by atoms with Gasteiger partial charge in [-0.3, -0.25) is 4.79 Å². The fourth-order valence-corrected chi connectivity index (χ4v) is 2.63. The van der Waals surface area contributed by atoms with E-state index in [1.807, 2.05) is 6.07 Å². The number of Topliss-reactive ketones (excluding diaryl/α,β-unsaturated/α-hetero) is 1. The van der Waals surface area contributed by atoms with Gasteiger partial charge in [0.1, 0.15) is 17.1 Å². The van der Waals surface area contributed by atoms with E-state index < -0.39 is 0 Å². The Balaban J connectivity index is 2.36. The maximum Gasteiger partial charge on any atom is 0.196 e. The number of allylic oxidation sites excluding steroid dienone is 2. The number of carbonyl (C=O) groups is 1. The number of methoxy groups -OCH3 is 2. The molecule has 1 aromatic rings. The van der Waals surface area contributed by atoms with Crippen molar-refractivity contribution in [3.63, 3.8) is 0 Å². The molecule has 108 valence electrons. The number of hydrogen-bond acceptors (Lipinski definition) is 3. The lowest BCUT2D eigenvalue weighted by Crippen LogP contribution is -2.09. The van der Waals surface area contributed by atoms with Crippen LogP contribution in [0.1, 0.15) is 48.9 Å². The Bertz CT molecular complexity index is 481. The summed E-state index contributed by atoms with van der Waals surface area (Å²) in [5.74, 6) is 1.20. The molecule has 0 spiro atoms. The predicted octanol–water partition coefficient (Wildman–Crippen LogP) is 4.17. The van der Waals surface area contributed by atoms with Gasteiger partial charge >= 0.3 is 0 Å². The second-order valence-corrected chi connectivity index (χ2v) is 5.05. The molecule has 0 bridgehead atoms. The van der Waals surface area contributed by atoms with Crippen molar-refractivity contribution in [3.8, 4) is 11.5 Å². The van der Waals surface area contributed by atoms with Crippen molar-refractivity contribution in [2.75, 3.05) is 14.2 Å². The molecule has 0 saturated heterocycles. The average Bonchev–Trinajstić information content (AvgIpc) is 2.45. The summed E-state index contributed by atoms with van der Waals surface area (Å²) in [7, 11) is 3.16. The number of carbonyl (C=O) groups excluding carboxylic acids is 1. The number of hydrogen-bond donors (Lipinski definition) is 0. The van der Waals surface area contributed by atoms with Crippen LogP contribution in [0.3, 0.4) is 0 Å². The summed E-state index contributed by atoms with van der Waals surface area (Å²) in [5, 5.41) is 0. The first-order valence-electron chi connectivity index (χ1n) is 7.22. The third-order valence-electron chi connectivity index (χ3n) is 3.74. The first-order chi connectivity index (χ1) is 9.77. The molecule has 0 heterocycles. The van der Waals surface area contributed by atoms with Crippen LogP contribution in [-0.4, -0.2) is 20.0 Å². The average molecular weight is 274 g/mol. The van der Waals surface area contributed by atoms with Crippen LogP contribution in [0, 0.1) is 0 Å². The van der Waals surface area contributed by atoms with Crippen molar-refractivity contribution in [3.05, 3.63) is 35.4 Å². The second-order valence-electron chi connectivity index (χ2n) is 5.05. The van der Waals surface area contributed by atoms with Crippen molar-refractivity contribution >= 4 is 5.78 Å². The van der Waals surface area contributed by atoms with Gasteiger partial charge in [0.05, 0.1) is 14.2 Å². The monoisotopic (exact) mass is 274 g/mol. The Morgan fingerprint density at radius 2 is 1.65 bits per heavy atom. The van der Waals surface area contributed by atoms with Gasteiger partial charge in [-0.1, -0.05) is 25.0 Å². The largest absolute Gasteiger partial charge is 0.496 e. The van der Waals surface area contributed by atoms with Gasteiger partial charge in [0.25, 0.3) is 0 Å². The van der Waals surface area contributed by atoms with E-state index in [1.165, 1.54) is 19.3 Å². The van der Waals surface area contributed by atoms with Gasteiger partial charge in [0.15, 0.2) is 5.78 Å².